The molecule has 0 radical (unpaired) electrons. The van der Waals surface area contributed by atoms with Gasteiger partial charge in [-0.05, 0) is 49.6 Å². The Bertz CT molecular complexity index is 883. The summed E-state index contributed by atoms with van der Waals surface area (Å²) in [5, 5.41) is 3.03. The second-order valence-electron chi connectivity index (χ2n) is 7.63. The molecule has 0 aliphatic carbocycles. The van der Waals surface area contributed by atoms with E-state index < -0.39 is 5.41 Å². The van der Waals surface area contributed by atoms with E-state index in [1.807, 2.05) is 43.3 Å². The number of amides is 2. The molecule has 1 atom stereocenters. The van der Waals surface area contributed by atoms with Crippen molar-refractivity contribution in [1.29, 1.82) is 0 Å². The molecule has 1 saturated heterocycles. The van der Waals surface area contributed by atoms with Crippen molar-refractivity contribution >= 4 is 11.8 Å². The highest BCUT2D eigenvalue weighted by atomic mass is 16.5. The van der Waals surface area contributed by atoms with Crippen LogP contribution in [0.25, 0.3) is 0 Å². The van der Waals surface area contributed by atoms with Gasteiger partial charge in [0.05, 0.1) is 25.2 Å². The van der Waals surface area contributed by atoms with Gasteiger partial charge in [0.15, 0.2) is 0 Å². The van der Waals surface area contributed by atoms with Gasteiger partial charge in [0, 0.05) is 19.6 Å². The number of rotatable bonds is 6. The van der Waals surface area contributed by atoms with Crippen LogP contribution >= 0.6 is 0 Å². The predicted molar refractivity (Wildman–Crippen MR) is 111 cm³/mol. The number of para-hydroxylation sites is 1. The standard InChI is InChI=1S/C23H28N2O4/c1-23(22(27)24-15-17-8-6-9-18(14-17)28-2)12-7-13-25(16-23)21(26)19-10-4-5-11-20(19)29-3/h4-6,8-11,14H,7,12-13,15-16H2,1-3H3,(H,24,27)/t23-/m1/s1. The fourth-order valence-electron chi connectivity index (χ4n) is 3.77. The van der Waals surface area contributed by atoms with Gasteiger partial charge in [0.2, 0.25) is 5.91 Å². The average Bonchev–Trinajstić information content (AvgIpc) is 2.77. The number of carbonyl (C=O) groups is 2. The van der Waals surface area contributed by atoms with E-state index in [9.17, 15) is 9.59 Å². The third kappa shape index (κ3) is 4.70. The Hall–Kier alpha value is -3.02. The van der Waals surface area contributed by atoms with Gasteiger partial charge >= 0.3 is 0 Å². The van der Waals surface area contributed by atoms with Crippen LogP contribution in [0.3, 0.4) is 0 Å². The second-order valence-corrected chi connectivity index (χ2v) is 7.63. The highest BCUT2D eigenvalue weighted by Crippen LogP contribution is 2.32. The molecule has 1 fully saturated rings. The molecular formula is C23H28N2O4. The first-order valence-electron chi connectivity index (χ1n) is 9.80. The topological polar surface area (TPSA) is 67.9 Å². The van der Waals surface area contributed by atoms with Crippen molar-refractivity contribution in [3.63, 3.8) is 0 Å². The maximum absolute atomic E-state index is 13.0. The Morgan fingerprint density at radius 1 is 1.10 bits per heavy atom. The number of benzene rings is 2. The summed E-state index contributed by atoms with van der Waals surface area (Å²) in [6, 6.07) is 14.8. The van der Waals surface area contributed by atoms with Gasteiger partial charge in [0.1, 0.15) is 11.5 Å². The van der Waals surface area contributed by atoms with Crippen LogP contribution < -0.4 is 14.8 Å². The largest absolute Gasteiger partial charge is 0.497 e. The van der Waals surface area contributed by atoms with Gasteiger partial charge in [-0.2, -0.15) is 0 Å². The molecule has 3 rings (SSSR count). The molecule has 1 heterocycles. The van der Waals surface area contributed by atoms with Crippen LogP contribution in [0.15, 0.2) is 48.5 Å². The number of methoxy groups -OCH3 is 2. The molecule has 1 aliphatic rings. The van der Waals surface area contributed by atoms with Gasteiger partial charge in [-0.1, -0.05) is 24.3 Å². The lowest BCUT2D eigenvalue weighted by Crippen LogP contribution is -2.51. The summed E-state index contributed by atoms with van der Waals surface area (Å²) >= 11 is 0. The zero-order valence-electron chi connectivity index (χ0n) is 17.2. The first kappa shape index (κ1) is 20.7. The van der Waals surface area contributed by atoms with Crippen molar-refractivity contribution in [3.8, 4) is 11.5 Å². The summed E-state index contributed by atoms with van der Waals surface area (Å²) in [5.41, 5.74) is 0.865. The quantitative estimate of drug-likeness (QED) is 0.814. The number of carbonyl (C=O) groups excluding carboxylic acids is 2. The number of likely N-dealkylation sites (tertiary alicyclic amines) is 1. The van der Waals surface area contributed by atoms with Crippen molar-refractivity contribution in [2.45, 2.75) is 26.3 Å². The van der Waals surface area contributed by atoms with E-state index in [1.54, 1.807) is 31.3 Å². The molecule has 2 amide bonds. The summed E-state index contributed by atoms with van der Waals surface area (Å²) in [5.74, 6) is 1.16. The fraction of sp³-hybridized carbons (Fsp3) is 0.391. The van der Waals surface area contributed by atoms with Crippen LogP contribution in [0.4, 0.5) is 0 Å². The fourth-order valence-corrected chi connectivity index (χ4v) is 3.77. The lowest BCUT2D eigenvalue weighted by Gasteiger charge is -2.39. The van der Waals surface area contributed by atoms with Crippen LogP contribution in [0.5, 0.6) is 11.5 Å². The molecule has 29 heavy (non-hydrogen) atoms. The van der Waals surface area contributed by atoms with E-state index in [0.717, 1.165) is 24.2 Å². The Kier molecular flexibility index (Phi) is 6.42. The molecule has 154 valence electrons. The Balaban J connectivity index is 1.67. The summed E-state index contributed by atoms with van der Waals surface area (Å²) in [7, 11) is 3.17. The van der Waals surface area contributed by atoms with Crippen molar-refractivity contribution in [1.82, 2.24) is 10.2 Å². The van der Waals surface area contributed by atoms with E-state index in [0.29, 0.717) is 30.9 Å². The minimum atomic E-state index is -0.630. The van der Waals surface area contributed by atoms with Crippen LogP contribution in [0.1, 0.15) is 35.7 Å². The molecule has 1 N–H and O–H groups in total. The van der Waals surface area contributed by atoms with Crippen LogP contribution in [0, 0.1) is 5.41 Å². The minimum Gasteiger partial charge on any atom is -0.497 e. The Morgan fingerprint density at radius 2 is 1.90 bits per heavy atom. The normalized spacial score (nSPS) is 18.8. The SMILES string of the molecule is COc1cccc(CNC(=O)[C@]2(C)CCCN(C(=O)c3ccccc3OC)C2)c1. The van der Waals surface area contributed by atoms with E-state index >= 15 is 0 Å². The molecule has 0 unspecified atom stereocenters. The Morgan fingerprint density at radius 3 is 2.66 bits per heavy atom. The molecular weight excluding hydrogens is 368 g/mol. The zero-order valence-corrected chi connectivity index (χ0v) is 17.2. The van der Waals surface area contributed by atoms with Crippen molar-refractivity contribution in [2.75, 3.05) is 27.3 Å². The number of nitrogens with zero attached hydrogens (tertiary/aromatic N) is 1. The first-order chi connectivity index (χ1) is 14.0. The molecule has 0 bridgehead atoms. The van der Waals surface area contributed by atoms with E-state index in [4.69, 9.17) is 9.47 Å². The van der Waals surface area contributed by atoms with Crippen molar-refractivity contribution < 1.29 is 19.1 Å². The van der Waals surface area contributed by atoms with Crippen LogP contribution in [-0.2, 0) is 11.3 Å². The second kappa shape index (κ2) is 8.99. The minimum absolute atomic E-state index is 0.0437. The summed E-state index contributed by atoms with van der Waals surface area (Å²) in [6.45, 7) is 3.37. The average molecular weight is 396 g/mol. The molecule has 0 saturated carbocycles. The highest BCUT2D eigenvalue weighted by Gasteiger charge is 2.39. The Labute approximate surface area is 171 Å². The number of nitrogens with one attached hydrogen (secondary N) is 1. The molecule has 2 aromatic carbocycles. The van der Waals surface area contributed by atoms with Gasteiger partial charge in [-0.15, -0.1) is 0 Å². The highest BCUT2D eigenvalue weighted by molar-refractivity contribution is 5.97. The number of hydrogen-bond donors (Lipinski definition) is 1. The smallest absolute Gasteiger partial charge is 0.257 e. The molecule has 0 spiro atoms. The third-order valence-electron chi connectivity index (χ3n) is 5.46. The monoisotopic (exact) mass is 396 g/mol. The molecule has 0 aromatic heterocycles. The zero-order chi connectivity index (χ0) is 20.9. The third-order valence-corrected chi connectivity index (χ3v) is 5.46. The number of ether oxygens (including phenoxy) is 2. The van der Waals surface area contributed by atoms with Gasteiger partial charge in [0.25, 0.3) is 5.91 Å². The lowest BCUT2D eigenvalue weighted by atomic mass is 9.80. The maximum Gasteiger partial charge on any atom is 0.257 e. The first-order valence-corrected chi connectivity index (χ1v) is 9.80. The van der Waals surface area contributed by atoms with E-state index in [-0.39, 0.29) is 11.8 Å². The van der Waals surface area contributed by atoms with Gasteiger partial charge in [-0.25, -0.2) is 0 Å². The molecule has 6 heteroatoms. The van der Waals surface area contributed by atoms with E-state index in [1.165, 1.54) is 0 Å². The summed E-state index contributed by atoms with van der Waals surface area (Å²) in [6.07, 6.45) is 1.52. The lowest BCUT2D eigenvalue weighted by molar-refractivity contribution is -0.132. The summed E-state index contributed by atoms with van der Waals surface area (Å²) in [4.78, 5) is 27.8. The summed E-state index contributed by atoms with van der Waals surface area (Å²) < 4.78 is 10.6. The van der Waals surface area contributed by atoms with Crippen LogP contribution in [0.2, 0.25) is 0 Å². The maximum atomic E-state index is 13.0. The van der Waals surface area contributed by atoms with Crippen molar-refractivity contribution in [3.05, 3.63) is 59.7 Å². The number of hydrogen-bond acceptors (Lipinski definition) is 4. The van der Waals surface area contributed by atoms with E-state index in [2.05, 4.69) is 5.32 Å². The molecule has 6 nitrogen and oxygen atoms in total. The van der Waals surface area contributed by atoms with Gasteiger partial charge < -0.3 is 19.7 Å². The molecule has 1 aliphatic heterocycles. The number of piperidine rings is 1. The van der Waals surface area contributed by atoms with Gasteiger partial charge in [-0.3, -0.25) is 9.59 Å². The predicted octanol–water partition coefficient (Wildman–Crippen LogP) is 3.26. The van der Waals surface area contributed by atoms with Crippen molar-refractivity contribution in [2.24, 2.45) is 5.41 Å². The van der Waals surface area contributed by atoms with Crippen LogP contribution in [-0.4, -0.2) is 44.0 Å². The molecule has 2 aromatic rings.